The molecule has 3 saturated heterocycles. The van der Waals surface area contributed by atoms with Crippen LogP contribution in [0, 0.1) is 5.92 Å². The van der Waals surface area contributed by atoms with Crippen LogP contribution in [0.5, 0.6) is 0 Å². The minimum absolute atomic E-state index is 0.430. The minimum atomic E-state index is 0.430. The van der Waals surface area contributed by atoms with Crippen LogP contribution in [0.2, 0.25) is 0 Å². The second kappa shape index (κ2) is 7.40. The molecule has 3 aliphatic heterocycles. The molecule has 0 spiro atoms. The van der Waals surface area contributed by atoms with Crippen LogP contribution >= 0.6 is 0 Å². The van der Waals surface area contributed by atoms with Gasteiger partial charge in [0.2, 0.25) is 0 Å². The predicted molar refractivity (Wildman–Crippen MR) is 86.6 cm³/mol. The zero-order valence-electron chi connectivity index (χ0n) is 13.9. The number of fused-ring (bicyclic) bond motifs is 1. The van der Waals surface area contributed by atoms with E-state index in [0.717, 1.165) is 38.2 Å². The van der Waals surface area contributed by atoms with Crippen LogP contribution in [0.4, 0.5) is 0 Å². The molecule has 3 fully saturated rings. The van der Waals surface area contributed by atoms with Gasteiger partial charge in [0, 0.05) is 31.7 Å². The number of nitrogens with one attached hydrogen (secondary N) is 1. The Morgan fingerprint density at radius 2 is 2.10 bits per heavy atom. The standard InChI is InChI=1S/C17H33N3O/c1-3-15-6-8-19(10-14(2)9-18-15)11-17-12-20-7-4-5-16(20)13-21-17/h14-18H,3-13H2,1-2H3. The lowest BCUT2D eigenvalue weighted by atomic mass is 10.0. The highest BCUT2D eigenvalue weighted by molar-refractivity contribution is 4.87. The van der Waals surface area contributed by atoms with Crippen molar-refractivity contribution in [2.24, 2.45) is 5.92 Å². The lowest BCUT2D eigenvalue weighted by Crippen LogP contribution is -2.52. The van der Waals surface area contributed by atoms with Crippen molar-refractivity contribution in [3.63, 3.8) is 0 Å². The fraction of sp³-hybridized carbons (Fsp3) is 1.00. The second-order valence-corrected chi connectivity index (χ2v) is 7.41. The maximum absolute atomic E-state index is 6.16. The summed E-state index contributed by atoms with van der Waals surface area (Å²) >= 11 is 0. The first kappa shape index (κ1) is 15.7. The van der Waals surface area contributed by atoms with Crippen molar-refractivity contribution in [3.8, 4) is 0 Å². The van der Waals surface area contributed by atoms with E-state index >= 15 is 0 Å². The molecule has 0 aromatic rings. The molecule has 0 radical (unpaired) electrons. The van der Waals surface area contributed by atoms with Gasteiger partial charge in [0.15, 0.2) is 0 Å². The van der Waals surface area contributed by atoms with Crippen LogP contribution in [-0.4, -0.2) is 73.9 Å². The smallest absolute Gasteiger partial charge is 0.0829 e. The van der Waals surface area contributed by atoms with Gasteiger partial charge in [0.05, 0.1) is 12.7 Å². The first-order valence-electron chi connectivity index (χ1n) is 9.06. The monoisotopic (exact) mass is 295 g/mol. The van der Waals surface area contributed by atoms with Gasteiger partial charge in [-0.25, -0.2) is 0 Å². The Bertz CT molecular complexity index is 325. The summed E-state index contributed by atoms with van der Waals surface area (Å²) in [5.41, 5.74) is 0. The normalized spacial score (nSPS) is 39.7. The first-order chi connectivity index (χ1) is 10.2. The molecule has 3 rings (SSSR count). The molecule has 3 aliphatic rings. The van der Waals surface area contributed by atoms with Crippen LogP contribution in [0.15, 0.2) is 0 Å². The van der Waals surface area contributed by atoms with Gasteiger partial charge in [-0.1, -0.05) is 13.8 Å². The molecule has 0 saturated carbocycles. The molecule has 1 N–H and O–H groups in total. The molecule has 122 valence electrons. The van der Waals surface area contributed by atoms with Gasteiger partial charge in [0.25, 0.3) is 0 Å². The SMILES string of the molecule is CCC1CCN(CC2CN3CCCC3CO2)CC(C)CN1. The fourth-order valence-electron chi connectivity index (χ4n) is 4.20. The number of ether oxygens (including phenoxy) is 1. The van der Waals surface area contributed by atoms with Crippen molar-refractivity contribution in [2.75, 3.05) is 45.9 Å². The highest BCUT2D eigenvalue weighted by Gasteiger charge is 2.33. The summed E-state index contributed by atoms with van der Waals surface area (Å²) in [6, 6.07) is 1.42. The van der Waals surface area contributed by atoms with Crippen LogP contribution < -0.4 is 5.32 Å². The molecule has 0 bridgehead atoms. The Labute approximate surface area is 130 Å². The van der Waals surface area contributed by atoms with E-state index < -0.39 is 0 Å². The summed E-state index contributed by atoms with van der Waals surface area (Å²) in [5.74, 6) is 0.738. The molecule has 0 amide bonds. The van der Waals surface area contributed by atoms with Gasteiger partial charge in [-0.15, -0.1) is 0 Å². The third kappa shape index (κ3) is 4.19. The van der Waals surface area contributed by atoms with Crippen LogP contribution in [0.1, 0.15) is 39.5 Å². The van der Waals surface area contributed by atoms with Gasteiger partial charge in [-0.3, -0.25) is 4.90 Å². The van der Waals surface area contributed by atoms with Gasteiger partial charge < -0.3 is 15.0 Å². The molecule has 0 aromatic carbocycles. The topological polar surface area (TPSA) is 27.7 Å². The summed E-state index contributed by atoms with van der Waals surface area (Å²) in [6.07, 6.45) is 5.67. The molecule has 0 aromatic heterocycles. The van der Waals surface area contributed by atoms with Crippen LogP contribution in [0.3, 0.4) is 0 Å². The minimum Gasteiger partial charge on any atom is -0.374 e. The van der Waals surface area contributed by atoms with Crippen LogP contribution in [0.25, 0.3) is 0 Å². The summed E-state index contributed by atoms with van der Waals surface area (Å²) in [5, 5.41) is 3.71. The highest BCUT2D eigenvalue weighted by Crippen LogP contribution is 2.23. The van der Waals surface area contributed by atoms with E-state index in [-0.39, 0.29) is 0 Å². The quantitative estimate of drug-likeness (QED) is 0.855. The Kier molecular flexibility index (Phi) is 5.54. The number of morpholine rings is 1. The summed E-state index contributed by atoms with van der Waals surface area (Å²) in [7, 11) is 0. The summed E-state index contributed by atoms with van der Waals surface area (Å²) in [4.78, 5) is 5.33. The average Bonchev–Trinajstić information content (AvgIpc) is 2.92. The highest BCUT2D eigenvalue weighted by atomic mass is 16.5. The van der Waals surface area contributed by atoms with Gasteiger partial charge in [-0.05, 0) is 51.2 Å². The molecule has 4 unspecified atom stereocenters. The maximum atomic E-state index is 6.16. The third-order valence-corrected chi connectivity index (χ3v) is 5.53. The van der Waals surface area contributed by atoms with E-state index in [2.05, 4.69) is 29.0 Å². The lowest BCUT2D eigenvalue weighted by Gasteiger charge is -2.39. The third-order valence-electron chi connectivity index (χ3n) is 5.53. The molecule has 3 heterocycles. The van der Waals surface area contributed by atoms with Crippen LogP contribution in [-0.2, 0) is 4.74 Å². The van der Waals surface area contributed by atoms with Gasteiger partial charge in [0.1, 0.15) is 0 Å². The van der Waals surface area contributed by atoms with Crippen molar-refractivity contribution < 1.29 is 4.74 Å². The van der Waals surface area contributed by atoms with Crippen molar-refractivity contribution in [1.29, 1.82) is 0 Å². The summed E-state index contributed by atoms with van der Waals surface area (Å²) in [6.45, 7) is 12.8. The Hall–Kier alpha value is -0.160. The van der Waals surface area contributed by atoms with E-state index in [1.165, 1.54) is 45.3 Å². The van der Waals surface area contributed by atoms with E-state index in [4.69, 9.17) is 4.74 Å². The zero-order chi connectivity index (χ0) is 14.7. The number of rotatable bonds is 3. The Morgan fingerprint density at radius 3 is 2.95 bits per heavy atom. The Morgan fingerprint density at radius 1 is 1.19 bits per heavy atom. The second-order valence-electron chi connectivity index (χ2n) is 7.41. The van der Waals surface area contributed by atoms with Gasteiger partial charge in [-0.2, -0.15) is 0 Å². The van der Waals surface area contributed by atoms with E-state index in [1.807, 2.05) is 0 Å². The van der Waals surface area contributed by atoms with Crippen molar-refractivity contribution >= 4 is 0 Å². The van der Waals surface area contributed by atoms with E-state index in [9.17, 15) is 0 Å². The molecule has 21 heavy (non-hydrogen) atoms. The van der Waals surface area contributed by atoms with Crippen molar-refractivity contribution in [2.45, 2.75) is 57.7 Å². The average molecular weight is 295 g/mol. The Balaban J connectivity index is 1.50. The number of hydrogen-bond acceptors (Lipinski definition) is 4. The number of nitrogens with zero attached hydrogens (tertiary/aromatic N) is 2. The fourth-order valence-corrected chi connectivity index (χ4v) is 4.20. The summed E-state index contributed by atoms with van der Waals surface area (Å²) < 4.78 is 6.16. The molecule has 4 atom stereocenters. The molecular weight excluding hydrogens is 262 g/mol. The van der Waals surface area contributed by atoms with Crippen molar-refractivity contribution in [1.82, 2.24) is 15.1 Å². The van der Waals surface area contributed by atoms with Gasteiger partial charge >= 0.3 is 0 Å². The predicted octanol–water partition coefficient (Wildman–Crippen LogP) is 1.56. The number of hydrogen-bond donors (Lipinski definition) is 1. The van der Waals surface area contributed by atoms with E-state index in [0.29, 0.717) is 12.1 Å². The maximum Gasteiger partial charge on any atom is 0.0829 e. The zero-order valence-corrected chi connectivity index (χ0v) is 13.9. The molecule has 4 heteroatoms. The largest absolute Gasteiger partial charge is 0.374 e. The van der Waals surface area contributed by atoms with E-state index in [1.54, 1.807) is 0 Å². The lowest BCUT2D eigenvalue weighted by molar-refractivity contribution is -0.0629. The molecule has 4 nitrogen and oxygen atoms in total. The molecular formula is C17H33N3O. The van der Waals surface area contributed by atoms with Crippen molar-refractivity contribution in [3.05, 3.63) is 0 Å². The molecule has 0 aliphatic carbocycles. The first-order valence-corrected chi connectivity index (χ1v) is 9.06.